The maximum Gasteiger partial charge on any atom is 0.251 e. The number of anilines is 1. The third-order valence-corrected chi connectivity index (χ3v) is 4.64. The summed E-state index contributed by atoms with van der Waals surface area (Å²) in [5.74, 6) is -0.157. The zero-order chi connectivity index (χ0) is 17.5. The molecule has 0 saturated carbocycles. The molecule has 0 unspecified atom stereocenters. The molecule has 1 atom stereocenters. The lowest BCUT2D eigenvalue weighted by molar-refractivity contribution is -0.120. The van der Waals surface area contributed by atoms with E-state index in [0.29, 0.717) is 5.02 Å². The van der Waals surface area contributed by atoms with Crippen molar-refractivity contribution in [2.24, 2.45) is 0 Å². The van der Waals surface area contributed by atoms with Crippen LogP contribution in [0.2, 0.25) is 5.02 Å². The first kappa shape index (κ1) is 18.6. The summed E-state index contributed by atoms with van der Waals surface area (Å²) in [6.45, 7) is 3.87. The Morgan fingerprint density at radius 2 is 1.88 bits per heavy atom. The predicted octanol–water partition coefficient (Wildman–Crippen LogP) is 4.15. The third-order valence-electron chi connectivity index (χ3n) is 3.08. The van der Waals surface area contributed by atoms with Gasteiger partial charge in [0.2, 0.25) is 0 Å². The molecule has 126 valence electrons. The summed E-state index contributed by atoms with van der Waals surface area (Å²) >= 11 is 12.5. The van der Waals surface area contributed by atoms with E-state index < -0.39 is 0 Å². The number of aryl methyl sites for hydroxylation is 1. The quantitative estimate of drug-likeness (QED) is 0.423. The number of carbonyl (C=O) groups excluding carboxylic acids is 1. The normalized spacial score (nSPS) is 11.5. The third kappa shape index (κ3) is 6.03. The fourth-order valence-electron chi connectivity index (χ4n) is 1.82. The van der Waals surface area contributed by atoms with E-state index in [0.717, 1.165) is 10.6 Å². The average Bonchev–Trinajstić information content (AvgIpc) is 2.54. The molecule has 2 rings (SSSR count). The summed E-state index contributed by atoms with van der Waals surface area (Å²) in [5, 5.41) is 3.59. The molecule has 0 heterocycles. The van der Waals surface area contributed by atoms with Crippen LogP contribution in [0.5, 0.6) is 0 Å². The molecule has 2 aromatic carbocycles. The maximum atomic E-state index is 12.1. The van der Waals surface area contributed by atoms with Gasteiger partial charge in [-0.25, -0.2) is 0 Å². The van der Waals surface area contributed by atoms with Crippen molar-refractivity contribution in [1.29, 1.82) is 0 Å². The van der Waals surface area contributed by atoms with Gasteiger partial charge >= 0.3 is 0 Å². The van der Waals surface area contributed by atoms with Crippen molar-refractivity contribution >= 4 is 52.3 Å². The van der Waals surface area contributed by atoms with Crippen LogP contribution in [0.3, 0.4) is 0 Å². The molecule has 4 nitrogen and oxygen atoms in total. The van der Waals surface area contributed by atoms with Gasteiger partial charge in [-0.3, -0.25) is 15.6 Å². The Hall–Kier alpha value is -1.76. The van der Waals surface area contributed by atoms with E-state index in [1.54, 1.807) is 12.1 Å². The lowest BCUT2D eigenvalue weighted by Gasteiger charge is -2.15. The number of hydrazine groups is 1. The Morgan fingerprint density at radius 1 is 1.17 bits per heavy atom. The summed E-state index contributed by atoms with van der Waals surface area (Å²) in [5.41, 5.74) is 7.23. The zero-order valence-corrected chi connectivity index (χ0v) is 15.7. The van der Waals surface area contributed by atoms with Crippen LogP contribution < -0.4 is 16.2 Å². The Bertz CT molecular complexity index is 722. The summed E-state index contributed by atoms with van der Waals surface area (Å²) in [4.78, 5) is 13.2. The van der Waals surface area contributed by atoms with Gasteiger partial charge in [-0.15, -0.1) is 11.8 Å². The van der Waals surface area contributed by atoms with E-state index in [4.69, 9.17) is 23.8 Å². The number of halogens is 1. The number of thioether (sulfide) groups is 1. The van der Waals surface area contributed by atoms with Crippen LogP contribution in [-0.2, 0) is 4.79 Å². The molecule has 24 heavy (non-hydrogen) atoms. The first-order valence-corrected chi connectivity index (χ1v) is 8.96. The Labute approximate surface area is 156 Å². The standard InChI is InChI=1S/C17H18ClN3OS2/c1-11-6-8-15(9-7-11)24-12(2)16(22)20-21-17(23)19-14-5-3-4-13(18)10-14/h3-10,12H,1-2H3,(H,20,22)(H2,19,21,23)/t12-/m1/s1. The molecule has 0 bridgehead atoms. The molecule has 2 aromatic rings. The van der Waals surface area contributed by atoms with Crippen molar-refractivity contribution in [3.8, 4) is 0 Å². The van der Waals surface area contributed by atoms with Crippen molar-refractivity contribution < 1.29 is 4.79 Å². The lowest BCUT2D eigenvalue weighted by atomic mass is 10.2. The first-order valence-electron chi connectivity index (χ1n) is 7.30. The fourth-order valence-corrected chi connectivity index (χ4v) is 3.05. The number of nitrogens with one attached hydrogen (secondary N) is 3. The van der Waals surface area contributed by atoms with Gasteiger partial charge in [0.05, 0.1) is 5.25 Å². The molecule has 0 aliphatic heterocycles. The van der Waals surface area contributed by atoms with E-state index in [1.807, 2.05) is 50.2 Å². The Morgan fingerprint density at radius 3 is 2.54 bits per heavy atom. The minimum atomic E-state index is -0.255. The highest BCUT2D eigenvalue weighted by Gasteiger charge is 2.14. The number of benzene rings is 2. The van der Waals surface area contributed by atoms with Gasteiger partial charge in [-0.2, -0.15) is 0 Å². The van der Waals surface area contributed by atoms with Gasteiger partial charge in [-0.1, -0.05) is 35.4 Å². The molecular formula is C17H18ClN3OS2. The molecule has 3 N–H and O–H groups in total. The first-order chi connectivity index (χ1) is 11.4. The molecule has 0 aliphatic carbocycles. The summed E-state index contributed by atoms with van der Waals surface area (Å²) in [6.07, 6.45) is 0. The molecule has 1 amide bonds. The van der Waals surface area contributed by atoms with Gasteiger partial charge in [0, 0.05) is 15.6 Å². The number of thiocarbonyl (C=S) groups is 1. The maximum absolute atomic E-state index is 12.1. The smallest absolute Gasteiger partial charge is 0.251 e. The molecular weight excluding hydrogens is 362 g/mol. The molecule has 0 saturated heterocycles. The summed E-state index contributed by atoms with van der Waals surface area (Å²) in [6, 6.07) is 15.2. The van der Waals surface area contributed by atoms with Crippen LogP contribution in [0.25, 0.3) is 0 Å². The number of amides is 1. The van der Waals surface area contributed by atoms with E-state index in [1.165, 1.54) is 17.3 Å². The van der Waals surface area contributed by atoms with Gasteiger partial charge in [0.25, 0.3) is 5.91 Å². The minimum Gasteiger partial charge on any atom is -0.331 e. The van der Waals surface area contributed by atoms with E-state index in [2.05, 4.69) is 16.2 Å². The highest BCUT2D eigenvalue weighted by atomic mass is 35.5. The number of hydrogen-bond donors (Lipinski definition) is 3. The van der Waals surface area contributed by atoms with Crippen LogP contribution >= 0.6 is 35.6 Å². The molecule has 0 aliphatic rings. The average molecular weight is 380 g/mol. The zero-order valence-electron chi connectivity index (χ0n) is 13.3. The van der Waals surface area contributed by atoms with E-state index in [-0.39, 0.29) is 16.3 Å². The van der Waals surface area contributed by atoms with Crippen molar-refractivity contribution in [1.82, 2.24) is 10.9 Å². The second kappa shape index (κ2) is 8.92. The molecule has 7 heteroatoms. The van der Waals surface area contributed by atoms with Gasteiger partial charge < -0.3 is 5.32 Å². The van der Waals surface area contributed by atoms with Crippen molar-refractivity contribution in [3.63, 3.8) is 0 Å². The minimum absolute atomic E-state index is 0.157. The number of carbonyl (C=O) groups is 1. The van der Waals surface area contributed by atoms with Crippen LogP contribution in [-0.4, -0.2) is 16.3 Å². The van der Waals surface area contributed by atoms with Crippen molar-refractivity contribution in [2.45, 2.75) is 24.0 Å². The molecule has 0 aromatic heterocycles. The molecule has 0 fully saturated rings. The van der Waals surface area contributed by atoms with Crippen LogP contribution in [0, 0.1) is 6.92 Å². The van der Waals surface area contributed by atoms with Crippen LogP contribution in [0.15, 0.2) is 53.4 Å². The lowest BCUT2D eigenvalue weighted by Crippen LogP contribution is -2.46. The van der Waals surface area contributed by atoms with Crippen LogP contribution in [0.4, 0.5) is 5.69 Å². The Kier molecular flexibility index (Phi) is 6.90. The topological polar surface area (TPSA) is 53.2 Å². The van der Waals surface area contributed by atoms with Gasteiger partial charge in [0.15, 0.2) is 5.11 Å². The highest BCUT2D eigenvalue weighted by Crippen LogP contribution is 2.23. The van der Waals surface area contributed by atoms with Gasteiger partial charge in [0.1, 0.15) is 0 Å². The summed E-state index contributed by atoms with van der Waals surface area (Å²) < 4.78 is 0. The SMILES string of the molecule is Cc1ccc(S[C@H](C)C(=O)NNC(=S)Nc2cccc(Cl)c2)cc1. The van der Waals surface area contributed by atoms with E-state index in [9.17, 15) is 4.79 Å². The second-order valence-corrected chi connectivity index (χ2v) is 7.41. The van der Waals surface area contributed by atoms with Crippen molar-refractivity contribution in [2.75, 3.05) is 5.32 Å². The molecule has 0 radical (unpaired) electrons. The predicted molar refractivity (Wildman–Crippen MR) is 105 cm³/mol. The highest BCUT2D eigenvalue weighted by molar-refractivity contribution is 8.00. The molecule has 0 spiro atoms. The van der Waals surface area contributed by atoms with Crippen LogP contribution in [0.1, 0.15) is 12.5 Å². The van der Waals surface area contributed by atoms with Crippen molar-refractivity contribution in [3.05, 3.63) is 59.1 Å². The van der Waals surface area contributed by atoms with Gasteiger partial charge in [-0.05, 0) is 56.4 Å². The summed E-state index contributed by atoms with van der Waals surface area (Å²) in [7, 11) is 0. The largest absolute Gasteiger partial charge is 0.331 e. The second-order valence-electron chi connectivity index (χ2n) is 5.15. The number of hydrogen-bond acceptors (Lipinski definition) is 3. The Balaban J connectivity index is 1.79. The monoisotopic (exact) mass is 379 g/mol. The number of rotatable bonds is 4. The van der Waals surface area contributed by atoms with E-state index >= 15 is 0 Å². The fraction of sp³-hybridized carbons (Fsp3) is 0.176.